The highest BCUT2D eigenvalue weighted by Crippen LogP contribution is 2.38. The Morgan fingerprint density at radius 2 is 1.91 bits per heavy atom. The van der Waals surface area contributed by atoms with Crippen molar-refractivity contribution in [3.63, 3.8) is 0 Å². The molecule has 0 spiro atoms. The van der Waals surface area contributed by atoms with Crippen molar-refractivity contribution in [2.45, 2.75) is 25.4 Å². The number of aliphatic hydroxyl groups is 1. The van der Waals surface area contributed by atoms with Gasteiger partial charge in [0.15, 0.2) is 0 Å². The van der Waals surface area contributed by atoms with Gasteiger partial charge >= 0.3 is 0 Å². The van der Waals surface area contributed by atoms with Gasteiger partial charge in [0.1, 0.15) is 25.5 Å². The van der Waals surface area contributed by atoms with Gasteiger partial charge in [0.25, 0.3) is 7.82 Å². The van der Waals surface area contributed by atoms with Crippen LogP contribution in [0.3, 0.4) is 0 Å². The second kappa shape index (κ2) is 11.2. The summed E-state index contributed by atoms with van der Waals surface area (Å²) in [6.07, 6.45) is 1.90. The van der Waals surface area contributed by atoms with E-state index in [1.165, 1.54) is 0 Å². The van der Waals surface area contributed by atoms with E-state index < -0.39 is 13.9 Å². The topological polar surface area (TPSA) is 105 Å². The van der Waals surface area contributed by atoms with Crippen molar-refractivity contribution in [2.75, 3.05) is 54.1 Å². The standard InChI is InChI=1S/C13H28NO7P/c1-14(2,3)7-10-20-22(17,18)21-12-13(11-16)19-9-6-4-5-8-15/h8,13,16H,4-7,9-12H2,1-3H3/t13-/m1/s1. The summed E-state index contributed by atoms with van der Waals surface area (Å²) in [5, 5.41) is 9.11. The van der Waals surface area contributed by atoms with Gasteiger partial charge in [-0.15, -0.1) is 0 Å². The molecule has 0 bridgehead atoms. The number of unbranched alkanes of at least 4 members (excludes halogenated alkanes) is 2. The van der Waals surface area contributed by atoms with Gasteiger partial charge in [-0.2, -0.15) is 0 Å². The number of hydrogen-bond acceptors (Lipinski definition) is 7. The molecule has 0 aromatic heterocycles. The maximum Gasteiger partial charge on any atom is 0.268 e. The van der Waals surface area contributed by atoms with Crippen LogP contribution in [-0.4, -0.2) is 76.1 Å². The summed E-state index contributed by atoms with van der Waals surface area (Å²) >= 11 is 0. The first-order chi connectivity index (χ1) is 10.2. The van der Waals surface area contributed by atoms with Gasteiger partial charge in [0.05, 0.1) is 34.4 Å². The highest BCUT2D eigenvalue weighted by atomic mass is 31.2. The fourth-order valence-corrected chi connectivity index (χ4v) is 2.10. The first-order valence-electron chi connectivity index (χ1n) is 7.27. The van der Waals surface area contributed by atoms with Crippen LogP contribution in [-0.2, 0) is 23.1 Å². The molecule has 0 rings (SSSR count). The van der Waals surface area contributed by atoms with Crippen LogP contribution in [0.1, 0.15) is 19.3 Å². The van der Waals surface area contributed by atoms with Crippen LogP contribution in [0.5, 0.6) is 0 Å². The van der Waals surface area contributed by atoms with Crippen LogP contribution < -0.4 is 4.89 Å². The smallest absolute Gasteiger partial charge is 0.268 e. The second-order valence-corrected chi connectivity index (χ2v) is 7.34. The number of ether oxygens (including phenoxy) is 1. The Morgan fingerprint density at radius 1 is 1.23 bits per heavy atom. The molecule has 22 heavy (non-hydrogen) atoms. The molecular formula is C13H28NO7P. The molecule has 8 nitrogen and oxygen atoms in total. The van der Waals surface area contributed by atoms with Crippen molar-refractivity contribution in [1.29, 1.82) is 0 Å². The van der Waals surface area contributed by atoms with Crippen molar-refractivity contribution in [2.24, 2.45) is 0 Å². The number of rotatable bonds is 14. The number of phosphoric acid groups is 1. The molecule has 0 aliphatic heterocycles. The Hall–Kier alpha value is -0.340. The Labute approximate surface area is 132 Å². The van der Waals surface area contributed by atoms with E-state index in [2.05, 4.69) is 0 Å². The Morgan fingerprint density at radius 3 is 2.45 bits per heavy atom. The van der Waals surface area contributed by atoms with Crippen LogP contribution in [0, 0.1) is 0 Å². The SMILES string of the molecule is C[N+](C)(C)CCOP(=O)([O-])OC[C@@H](CO)OCCCCC=O. The zero-order chi connectivity index (χ0) is 17.1. The number of aldehydes is 1. The van der Waals surface area contributed by atoms with Gasteiger partial charge < -0.3 is 33.1 Å². The quantitative estimate of drug-likeness (QED) is 0.204. The summed E-state index contributed by atoms with van der Waals surface area (Å²) in [5.74, 6) is 0. The van der Waals surface area contributed by atoms with E-state index in [-0.39, 0.29) is 19.8 Å². The van der Waals surface area contributed by atoms with Crippen molar-refractivity contribution >= 4 is 14.1 Å². The zero-order valence-corrected chi connectivity index (χ0v) is 14.5. The number of likely N-dealkylation sites (N-methyl/N-ethyl adjacent to an activating group) is 1. The maximum absolute atomic E-state index is 11.6. The summed E-state index contributed by atoms with van der Waals surface area (Å²) in [4.78, 5) is 21.7. The minimum absolute atomic E-state index is 0.0284. The van der Waals surface area contributed by atoms with Crippen molar-refractivity contribution < 1.29 is 37.6 Å². The van der Waals surface area contributed by atoms with E-state index >= 15 is 0 Å². The molecule has 0 amide bonds. The van der Waals surface area contributed by atoms with Crippen molar-refractivity contribution in [1.82, 2.24) is 0 Å². The van der Waals surface area contributed by atoms with Gasteiger partial charge in [0.2, 0.25) is 0 Å². The summed E-state index contributed by atoms with van der Waals surface area (Å²) in [7, 11) is 1.36. The normalized spacial score (nSPS) is 16.2. The molecule has 0 heterocycles. The molecule has 2 atom stereocenters. The molecule has 0 aliphatic carbocycles. The number of hydrogen-bond donors (Lipinski definition) is 1. The maximum atomic E-state index is 11.6. The number of carbonyl (C=O) groups is 1. The monoisotopic (exact) mass is 341 g/mol. The zero-order valence-electron chi connectivity index (χ0n) is 13.6. The lowest BCUT2D eigenvalue weighted by atomic mass is 10.2. The highest BCUT2D eigenvalue weighted by molar-refractivity contribution is 7.45. The summed E-state index contributed by atoms with van der Waals surface area (Å²) in [6.45, 7) is 0.225. The first-order valence-corrected chi connectivity index (χ1v) is 8.73. The van der Waals surface area contributed by atoms with E-state index in [0.29, 0.717) is 36.9 Å². The average molecular weight is 341 g/mol. The fourth-order valence-electron chi connectivity index (χ4n) is 1.37. The van der Waals surface area contributed by atoms with E-state index in [1.807, 2.05) is 21.1 Å². The van der Waals surface area contributed by atoms with Crippen LogP contribution in [0.2, 0.25) is 0 Å². The molecule has 132 valence electrons. The van der Waals surface area contributed by atoms with Crippen molar-refractivity contribution in [3.8, 4) is 0 Å². The van der Waals surface area contributed by atoms with Crippen LogP contribution in [0.25, 0.3) is 0 Å². The molecule has 0 saturated carbocycles. The first kappa shape index (κ1) is 21.7. The third-order valence-corrected chi connectivity index (χ3v) is 3.67. The molecule has 0 aromatic carbocycles. The molecule has 1 unspecified atom stereocenters. The lowest BCUT2D eigenvalue weighted by molar-refractivity contribution is -0.870. The van der Waals surface area contributed by atoms with Gasteiger partial charge in [-0.3, -0.25) is 4.57 Å². The van der Waals surface area contributed by atoms with Crippen LogP contribution >= 0.6 is 7.82 Å². The van der Waals surface area contributed by atoms with Gasteiger partial charge in [0, 0.05) is 13.0 Å². The summed E-state index contributed by atoms with van der Waals surface area (Å²) in [6, 6.07) is 0. The largest absolute Gasteiger partial charge is 0.756 e. The lowest BCUT2D eigenvalue weighted by Gasteiger charge is -2.28. The van der Waals surface area contributed by atoms with E-state index in [4.69, 9.17) is 18.9 Å². The minimum atomic E-state index is -4.39. The van der Waals surface area contributed by atoms with Gasteiger partial charge in [-0.25, -0.2) is 0 Å². The number of phosphoric ester groups is 1. The Bertz CT molecular complexity index is 346. The highest BCUT2D eigenvalue weighted by Gasteiger charge is 2.16. The molecule has 0 aliphatic rings. The minimum Gasteiger partial charge on any atom is -0.756 e. The summed E-state index contributed by atoms with van der Waals surface area (Å²) in [5.41, 5.74) is 0. The van der Waals surface area contributed by atoms with E-state index in [9.17, 15) is 14.3 Å². The molecule has 0 saturated heterocycles. The van der Waals surface area contributed by atoms with Gasteiger partial charge in [-0.05, 0) is 12.8 Å². The third kappa shape index (κ3) is 13.3. The number of carbonyl (C=O) groups excluding carboxylic acids is 1. The van der Waals surface area contributed by atoms with Crippen LogP contribution in [0.15, 0.2) is 0 Å². The second-order valence-electron chi connectivity index (χ2n) is 5.93. The molecular weight excluding hydrogens is 313 g/mol. The molecule has 1 N–H and O–H groups in total. The fraction of sp³-hybridized carbons (Fsp3) is 0.923. The molecule has 0 radical (unpaired) electrons. The number of nitrogens with zero attached hydrogens (tertiary/aromatic N) is 1. The Balaban J connectivity index is 3.93. The van der Waals surface area contributed by atoms with Gasteiger partial charge in [-0.1, -0.05) is 0 Å². The third-order valence-electron chi connectivity index (χ3n) is 2.70. The molecule has 0 aromatic rings. The predicted molar refractivity (Wildman–Crippen MR) is 79.2 cm³/mol. The Kier molecular flexibility index (Phi) is 11.1. The van der Waals surface area contributed by atoms with E-state index in [0.717, 1.165) is 6.29 Å². The predicted octanol–water partition coefficient (Wildman–Crippen LogP) is -0.0591. The molecule has 0 fully saturated rings. The van der Waals surface area contributed by atoms with Crippen LogP contribution in [0.4, 0.5) is 0 Å². The van der Waals surface area contributed by atoms with E-state index in [1.54, 1.807) is 0 Å². The number of quaternary nitrogens is 1. The van der Waals surface area contributed by atoms with Crippen molar-refractivity contribution in [3.05, 3.63) is 0 Å². The number of aliphatic hydroxyl groups excluding tert-OH is 1. The summed E-state index contributed by atoms with van der Waals surface area (Å²) < 4.78 is 26.9. The lowest BCUT2D eigenvalue weighted by Crippen LogP contribution is -2.37. The molecule has 9 heteroatoms. The average Bonchev–Trinajstić information content (AvgIpc) is 2.40.